The van der Waals surface area contributed by atoms with Crippen molar-refractivity contribution in [3.63, 3.8) is 0 Å². The van der Waals surface area contributed by atoms with Gasteiger partial charge in [0.05, 0.1) is 11.0 Å². The minimum Gasteiger partial charge on any atom is -0.309 e. The maximum absolute atomic E-state index is 15.0. The number of para-hydroxylation sites is 2. The van der Waals surface area contributed by atoms with Crippen molar-refractivity contribution in [3.8, 4) is 16.8 Å². The van der Waals surface area contributed by atoms with Gasteiger partial charge in [0.1, 0.15) is 0 Å². The quantitative estimate of drug-likeness (QED) is 0.285. The lowest BCUT2D eigenvalue weighted by molar-refractivity contribution is 0.593. The Morgan fingerprint density at radius 2 is 1.18 bits per heavy atom. The molecule has 1 aliphatic rings. The molecule has 0 saturated heterocycles. The van der Waals surface area contributed by atoms with Gasteiger partial charge in [0, 0.05) is 32.4 Å². The largest absolute Gasteiger partial charge is 0.309 e. The molecule has 1 unspecified atom stereocenters. The molecule has 2 nitrogen and oxygen atoms in total. The molecule has 0 N–H and O–H groups in total. The molecule has 0 spiro atoms. The van der Waals surface area contributed by atoms with Crippen LogP contribution >= 0.6 is 7.14 Å². The van der Waals surface area contributed by atoms with Crippen LogP contribution in [-0.2, 0) is 4.57 Å². The van der Waals surface area contributed by atoms with E-state index in [1.54, 1.807) is 0 Å². The van der Waals surface area contributed by atoms with Gasteiger partial charge in [0.2, 0.25) is 0 Å². The van der Waals surface area contributed by atoms with Crippen LogP contribution in [0.25, 0.3) is 38.6 Å². The molecule has 0 saturated carbocycles. The fourth-order valence-electron chi connectivity index (χ4n) is 5.36. The molecule has 156 valence electrons. The Labute approximate surface area is 192 Å². The lowest BCUT2D eigenvalue weighted by Gasteiger charge is -2.16. The van der Waals surface area contributed by atoms with E-state index in [-0.39, 0.29) is 0 Å². The molecule has 0 radical (unpaired) electrons. The van der Waals surface area contributed by atoms with Crippen molar-refractivity contribution in [2.24, 2.45) is 0 Å². The van der Waals surface area contributed by atoms with Crippen molar-refractivity contribution in [2.45, 2.75) is 0 Å². The molecular weight excluding hydrogens is 421 g/mol. The van der Waals surface area contributed by atoms with Crippen LogP contribution in [0.2, 0.25) is 0 Å². The summed E-state index contributed by atoms with van der Waals surface area (Å²) >= 11 is 0. The number of rotatable bonds is 2. The fraction of sp³-hybridized carbons (Fsp3) is 0. The highest BCUT2D eigenvalue weighted by atomic mass is 31.2. The van der Waals surface area contributed by atoms with E-state index >= 15 is 0 Å². The normalized spacial score (nSPS) is 16.7. The topological polar surface area (TPSA) is 22.0 Å². The third kappa shape index (κ3) is 2.47. The molecule has 7 rings (SSSR count). The van der Waals surface area contributed by atoms with Crippen LogP contribution in [0.3, 0.4) is 0 Å². The summed E-state index contributed by atoms with van der Waals surface area (Å²) in [6.45, 7) is 0. The number of fused-ring (bicyclic) bond motifs is 6. The molecule has 0 aliphatic carbocycles. The molecule has 6 aromatic rings. The molecule has 33 heavy (non-hydrogen) atoms. The van der Waals surface area contributed by atoms with Crippen molar-refractivity contribution in [2.75, 3.05) is 0 Å². The van der Waals surface area contributed by atoms with Gasteiger partial charge < -0.3 is 9.13 Å². The minimum absolute atomic E-state index is 0.887. The Balaban J connectivity index is 1.66. The van der Waals surface area contributed by atoms with E-state index in [2.05, 4.69) is 71.3 Å². The van der Waals surface area contributed by atoms with E-state index < -0.39 is 7.14 Å². The summed E-state index contributed by atoms with van der Waals surface area (Å²) < 4.78 is 17.3. The summed E-state index contributed by atoms with van der Waals surface area (Å²) in [6.07, 6.45) is 0. The third-order valence-corrected chi connectivity index (χ3v) is 9.94. The predicted octanol–water partition coefficient (Wildman–Crippen LogP) is 6.40. The summed E-state index contributed by atoms with van der Waals surface area (Å²) in [5.41, 5.74) is 5.52. The first-order valence-electron chi connectivity index (χ1n) is 11.2. The number of nitrogens with zero attached hydrogens (tertiary/aromatic N) is 1. The zero-order valence-electron chi connectivity index (χ0n) is 17.8. The van der Waals surface area contributed by atoms with E-state index in [9.17, 15) is 4.57 Å². The van der Waals surface area contributed by atoms with E-state index in [0.29, 0.717) is 0 Å². The van der Waals surface area contributed by atoms with Gasteiger partial charge in [-0.1, -0.05) is 91.0 Å². The van der Waals surface area contributed by atoms with Crippen molar-refractivity contribution >= 4 is 44.9 Å². The molecule has 0 amide bonds. The fourth-order valence-corrected chi connectivity index (χ4v) is 8.42. The van der Waals surface area contributed by atoms with Gasteiger partial charge in [-0.15, -0.1) is 0 Å². The number of aromatic nitrogens is 1. The highest BCUT2D eigenvalue weighted by Crippen LogP contribution is 2.53. The van der Waals surface area contributed by atoms with Crippen LogP contribution < -0.4 is 15.9 Å². The van der Waals surface area contributed by atoms with Gasteiger partial charge in [0.15, 0.2) is 7.14 Å². The van der Waals surface area contributed by atoms with Gasteiger partial charge >= 0.3 is 0 Å². The molecule has 0 fully saturated rings. The Kier molecular flexibility index (Phi) is 3.86. The smallest absolute Gasteiger partial charge is 0.172 e. The van der Waals surface area contributed by atoms with Gasteiger partial charge in [-0.05, 0) is 41.5 Å². The number of hydrogen-bond acceptors (Lipinski definition) is 1. The van der Waals surface area contributed by atoms with Crippen molar-refractivity contribution < 1.29 is 4.57 Å². The highest BCUT2D eigenvalue weighted by Gasteiger charge is 2.40. The lowest BCUT2D eigenvalue weighted by Crippen LogP contribution is -2.20. The molecule has 1 aromatic heterocycles. The Hall–Kier alpha value is -3.87. The summed E-state index contributed by atoms with van der Waals surface area (Å²) in [5, 5.41) is 5.15. The third-order valence-electron chi connectivity index (χ3n) is 6.80. The maximum Gasteiger partial charge on any atom is 0.172 e. The predicted molar refractivity (Wildman–Crippen MR) is 139 cm³/mol. The van der Waals surface area contributed by atoms with Crippen LogP contribution in [-0.4, -0.2) is 4.57 Å². The second-order valence-electron chi connectivity index (χ2n) is 8.54. The summed E-state index contributed by atoms with van der Waals surface area (Å²) in [5.74, 6) is 0. The Morgan fingerprint density at radius 3 is 2.00 bits per heavy atom. The SMILES string of the molecule is O=P1(c2ccccc2)c2ccccc2-c2cc3c4ccccc4n(-c4ccccc4)c3cc21. The average molecular weight is 441 g/mol. The first-order valence-corrected chi connectivity index (χ1v) is 12.9. The first kappa shape index (κ1) is 18.7. The maximum atomic E-state index is 15.0. The van der Waals surface area contributed by atoms with Crippen LogP contribution in [0.5, 0.6) is 0 Å². The zero-order valence-corrected chi connectivity index (χ0v) is 18.7. The van der Waals surface area contributed by atoms with E-state index in [0.717, 1.165) is 43.8 Å². The molecule has 2 heterocycles. The van der Waals surface area contributed by atoms with E-state index in [1.807, 2.05) is 54.6 Å². The van der Waals surface area contributed by atoms with Gasteiger partial charge in [-0.3, -0.25) is 0 Å². The lowest BCUT2D eigenvalue weighted by atomic mass is 10.0. The summed E-state index contributed by atoms with van der Waals surface area (Å²) in [4.78, 5) is 0. The second-order valence-corrected chi connectivity index (χ2v) is 11.2. The van der Waals surface area contributed by atoms with Crippen molar-refractivity contribution in [1.29, 1.82) is 0 Å². The van der Waals surface area contributed by atoms with Crippen LogP contribution in [0, 0.1) is 0 Å². The van der Waals surface area contributed by atoms with Gasteiger partial charge in [-0.25, -0.2) is 0 Å². The second kappa shape index (κ2) is 6.81. The average Bonchev–Trinajstić information content (AvgIpc) is 3.34. The molecule has 5 aromatic carbocycles. The number of benzene rings is 5. The van der Waals surface area contributed by atoms with E-state index in [4.69, 9.17) is 0 Å². The molecule has 1 atom stereocenters. The Bertz CT molecular complexity index is 1730. The van der Waals surface area contributed by atoms with Crippen LogP contribution in [0.4, 0.5) is 0 Å². The standard InChI is InChI=1S/C30H20NOP/c32-33(22-13-5-2-6-14-22)29-18-10-8-16-24(29)26-19-25-23-15-7-9-17-27(23)31(28(25)20-30(26)33)21-11-3-1-4-12-21/h1-20H. The van der Waals surface area contributed by atoms with Crippen molar-refractivity contribution in [1.82, 2.24) is 4.57 Å². The monoisotopic (exact) mass is 441 g/mol. The minimum atomic E-state index is -2.97. The van der Waals surface area contributed by atoms with Crippen molar-refractivity contribution in [3.05, 3.63) is 121 Å². The first-order chi connectivity index (χ1) is 16.3. The summed E-state index contributed by atoms with van der Waals surface area (Å²) in [6, 6.07) is 41.5. The molecule has 1 aliphatic heterocycles. The van der Waals surface area contributed by atoms with Crippen LogP contribution in [0.1, 0.15) is 0 Å². The van der Waals surface area contributed by atoms with Gasteiger partial charge in [-0.2, -0.15) is 0 Å². The summed E-state index contributed by atoms with van der Waals surface area (Å²) in [7, 11) is -2.97. The molecular formula is C30H20NOP. The number of hydrogen-bond donors (Lipinski definition) is 0. The molecule has 0 bridgehead atoms. The van der Waals surface area contributed by atoms with Crippen LogP contribution in [0.15, 0.2) is 121 Å². The Morgan fingerprint density at radius 1 is 0.515 bits per heavy atom. The highest BCUT2D eigenvalue weighted by molar-refractivity contribution is 7.86. The van der Waals surface area contributed by atoms with E-state index in [1.165, 1.54) is 10.8 Å². The zero-order chi connectivity index (χ0) is 22.0. The molecule has 3 heteroatoms. The van der Waals surface area contributed by atoms with Gasteiger partial charge in [0.25, 0.3) is 0 Å².